The molecule has 26 heavy (non-hydrogen) atoms. The minimum atomic E-state index is -3.60. The molecule has 0 aliphatic carbocycles. The highest BCUT2D eigenvalue weighted by atomic mass is 32.2. The molecule has 0 aromatic carbocycles. The Bertz CT molecular complexity index is 891. The molecule has 1 aliphatic rings. The van der Waals surface area contributed by atoms with Crippen molar-refractivity contribution in [3.63, 3.8) is 0 Å². The number of rotatable bonds is 5. The summed E-state index contributed by atoms with van der Waals surface area (Å²) >= 11 is 0. The molecule has 3 heterocycles. The van der Waals surface area contributed by atoms with Crippen LogP contribution in [0.25, 0.3) is 0 Å². The summed E-state index contributed by atoms with van der Waals surface area (Å²) in [6.07, 6.45) is 0.357. The van der Waals surface area contributed by atoms with Gasteiger partial charge in [-0.25, -0.2) is 8.42 Å². The van der Waals surface area contributed by atoms with E-state index in [0.717, 1.165) is 5.82 Å². The Balaban J connectivity index is 1.72. The molecule has 9 nitrogen and oxygen atoms in total. The second kappa shape index (κ2) is 6.84. The van der Waals surface area contributed by atoms with Crippen LogP contribution in [0.3, 0.4) is 0 Å². The fourth-order valence-electron chi connectivity index (χ4n) is 3.05. The first-order chi connectivity index (χ1) is 12.2. The molecule has 0 spiro atoms. The van der Waals surface area contributed by atoms with Crippen LogP contribution in [0.4, 0.5) is 5.82 Å². The van der Waals surface area contributed by atoms with Gasteiger partial charge in [0.2, 0.25) is 15.9 Å². The maximum absolute atomic E-state index is 13.0. The van der Waals surface area contributed by atoms with Crippen molar-refractivity contribution in [2.45, 2.75) is 31.3 Å². The average Bonchev–Trinajstić information content (AvgIpc) is 3.13. The lowest BCUT2D eigenvalue weighted by Crippen LogP contribution is -2.31. The quantitative estimate of drug-likeness (QED) is 0.755. The molecule has 0 unspecified atom stereocenters. The first-order valence-corrected chi connectivity index (χ1v) is 9.82. The third-order valence-corrected chi connectivity index (χ3v) is 6.64. The molecule has 0 saturated carbocycles. The van der Waals surface area contributed by atoms with Crippen LogP contribution in [0.1, 0.15) is 17.8 Å². The van der Waals surface area contributed by atoms with Crippen molar-refractivity contribution in [2.75, 3.05) is 32.1 Å². The van der Waals surface area contributed by atoms with E-state index in [-0.39, 0.29) is 17.5 Å². The molecule has 2 aromatic heterocycles. The fraction of sp³-hybridized carbons (Fsp3) is 0.562. The van der Waals surface area contributed by atoms with Crippen LogP contribution in [0.15, 0.2) is 17.0 Å². The Morgan fingerprint density at radius 1 is 1.23 bits per heavy atom. The van der Waals surface area contributed by atoms with Gasteiger partial charge in [-0.2, -0.15) is 9.40 Å². The van der Waals surface area contributed by atoms with Crippen LogP contribution in [0.2, 0.25) is 0 Å². The van der Waals surface area contributed by atoms with Crippen molar-refractivity contribution in [3.8, 4) is 5.88 Å². The van der Waals surface area contributed by atoms with Crippen LogP contribution in [0, 0.1) is 13.8 Å². The van der Waals surface area contributed by atoms with E-state index in [0.29, 0.717) is 30.2 Å². The molecule has 1 saturated heterocycles. The molecule has 0 N–H and O–H groups in total. The van der Waals surface area contributed by atoms with Crippen molar-refractivity contribution in [1.29, 1.82) is 0 Å². The fourth-order valence-corrected chi connectivity index (χ4v) is 4.94. The summed E-state index contributed by atoms with van der Waals surface area (Å²) < 4.78 is 34.8. The summed E-state index contributed by atoms with van der Waals surface area (Å²) in [7, 11) is 1.91. The van der Waals surface area contributed by atoms with Crippen LogP contribution in [-0.2, 0) is 17.1 Å². The number of aryl methyl sites for hydroxylation is 2. The SMILES string of the molecule is Cc1nn(C)c(C)c1S(=O)(=O)N1CC[C@H](Oc2ccc(N(C)C)nn2)C1. The molecule has 0 amide bonds. The van der Waals surface area contributed by atoms with Crippen molar-refractivity contribution in [3.05, 3.63) is 23.5 Å². The first kappa shape index (κ1) is 18.6. The zero-order valence-corrected chi connectivity index (χ0v) is 16.5. The van der Waals surface area contributed by atoms with Gasteiger partial charge in [-0.15, -0.1) is 10.2 Å². The molecule has 1 fully saturated rings. The molecular weight excluding hydrogens is 356 g/mol. The summed E-state index contributed by atoms with van der Waals surface area (Å²) in [6.45, 7) is 4.17. The molecular formula is C16H24N6O3S. The lowest BCUT2D eigenvalue weighted by Gasteiger charge is -2.17. The summed E-state index contributed by atoms with van der Waals surface area (Å²) in [6, 6.07) is 3.56. The van der Waals surface area contributed by atoms with Crippen LogP contribution < -0.4 is 9.64 Å². The van der Waals surface area contributed by atoms with Gasteiger partial charge in [0.1, 0.15) is 11.0 Å². The van der Waals surface area contributed by atoms with Gasteiger partial charge < -0.3 is 9.64 Å². The van der Waals surface area contributed by atoms with Crippen molar-refractivity contribution < 1.29 is 13.2 Å². The maximum Gasteiger partial charge on any atom is 0.246 e. The van der Waals surface area contributed by atoms with Gasteiger partial charge in [0, 0.05) is 33.8 Å². The predicted molar refractivity (Wildman–Crippen MR) is 96.8 cm³/mol. The largest absolute Gasteiger partial charge is 0.472 e. The van der Waals surface area contributed by atoms with Gasteiger partial charge in [-0.1, -0.05) is 0 Å². The van der Waals surface area contributed by atoms with E-state index in [1.807, 2.05) is 25.1 Å². The number of anilines is 1. The maximum atomic E-state index is 13.0. The normalized spacial score (nSPS) is 18.3. The van der Waals surface area contributed by atoms with E-state index >= 15 is 0 Å². The van der Waals surface area contributed by atoms with Crippen LogP contribution in [-0.4, -0.2) is 66.0 Å². The molecule has 0 radical (unpaired) electrons. The van der Waals surface area contributed by atoms with E-state index in [1.54, 1.807) is 31.6 Å². The number of ether oxygens (including phenoxy) is 1. The zero-order chi connectivity index (χ0) is 19.1. The third kappa shape index (κ3) is 3.38. The Labute approximate surface area is 153 Å². The van der Waals surface area contributed by atoms with Gasteiger partial charge in [-0.05, 0) is 26.3 Å². The summed E-state index contributed by atoms with van der Waals surface area (Å²) in [5, 5.41) is 12.3. The van der Waals surface area contributed by atoms with Crippen LogP contribution in [0.5, 0.6) is 5.88 Å². The van der Waals surface area contributed by atoms with Gasteiger partial charge >= 0.3 is 0 Å². The van der Waals surface area contributed by atoms with Gasteiger partial charge in [-0.3, -0.25) is 4.68 Å². The Morgan fingerprint density at radius 3 is 2.50 bits per heavy atom. The molecule has 142 valence electrons. The predicted octanol–water partition coefficient (Wildman–Crippen LogP) is 0.735. The standard InChI is InChI=1S/C16H24N6O3S/c1-11-16(12(2)21(5)19-11)26(23,24)22-9-8-13(10-22)25-15-7-6-14(17-18-15)20(3)4/h6-7,13H,8-10H2,1-5H3/t13-/m0/s1. The molecule has 2 aromatic rings. The molecule has 0 bridgehead atoms. The zero-order valence-electron chi connectivity index (χ0n) is 15.7. The average molecular weight is 380 g/mol. The topological polar surface area (TPSA) is 93.5 Å². The lowest BCUT2D eigenvalue weighted by atomic mass is 10.3. The first-order valence-electron chi connectivity index (χ1n) is 8.38. The Hall–Kier alpha value is -2.20. The highest BCUT2D eigenvalue weighted by Crippen LogP contribution is 2.27. The second-order valence-electron chi connectivity index (χ2n) is 6.64. The minimum Gasteiger partial charge on any atom is -0.472 e. The number of hydrogen-bond acceptors (Lipinski definition) is 7. The van der Waals surface area contributed by atoms with Gasteiger partial charge in [0.15, 0.2) is 5.82 Å². The van der Waals surface area contributed by atoms with Crippen molar-refractivity contribution >= 4 is 15.8 Å². The third-order valence-electron chi connectivity index (χ3n) is 4.52. The van der Waals surface area contributed by atoms with E-state index in [9.17, 15) is 8.42 Å². The van der Waals surface area contributed by atoms with E-state index < -0.39 is 10.0 Å². The number of hydrogen-bond donors (Lipinski definition) is 0. The van der Waals surface area contributed by atoms with E-state index in [1.165, 1.54) is 4.31 Å². The Kier molecular flexibility index (Phi) is 4.89. The smallest absolute Gasteiger partial charge is 0.246 e. The van der Waals surface area contributed by atoms with Gasteiger partial charge in [0.25, 0.3) is 0 Å². The summed E-state index contributed by atoms with van der Waals surface area (Å²) in [4.78, 5) is 2.13. The Morgan fingerprint density at radius 2 is 1.96 bits per heavy atom. The minimum absolute atomic E-state index is 0.249. The lowest BCUT2D eigenvalue weighted by molar-refractivity contribution is 0.204. The van der Waals surface area contributed by atoms with Crippen LogP contribution >= 0.6 is 0 Å². The summed E-state index contributed by atoms with van der Waals surface area (Å²) in [5.74, 6) is 1.13. The van der Waals surface area contributed by atoms with Gasteiger partial charge in [0.05, 0.1) is 17.9 Å². The molecule has 1 atom stereocenters. The number of aromatic nitrogens is 4. The summed E-state index contributed by atoms with van der Waals surface area (Å²) in [5.41, 5.74) is 1.15. The monoisotopic (exact) mass is 380 g/mol. The highest BCUT2D eigenvalue weighted by Gasteiger charge is 2.36. The number of nitrogens with zero attached hydrogens (tertiary/aromatic N) is 6. The second-order valence-corrected chi connectivity index (χ2v) is 8.51. The van der Waals surface area contributed by atoms with Crippen molar-refractivity contribution in [1.82, 2.24) is 24.3 Å². The van der Waals surface area contributed by atoms with Crippen molar-refractivity contribution in [2.24, 2.45) is 7.05 Å². The molecule has 3 rings (SSSR count). The number of sulfonamides is 1. The van der Waals surface area contributed by atoms with E-state index in [4.69, 9.17) is 4.74 Å². The molecule has 1 aliphatic heterocycles. The molecule has 10 heteroatoms. The van der Waals surface area contributed by atoms with E-state index in [2.05, 4.69) is 15.3 Å². The highest BCUT2D eigenvalue weighted by molar-refractivity contribution is 7.89.